The number of hydrogen-bond acceptors (Lipinski definition) is 1. The lowest BCUT2D eigenvalue weighted by Crippen LogP contribution is -2.62. The van der Waals surface area contributed by atoms with E-state index in [-0.39, 0.29) is 0 Å². The van der Waals surface area contributed by atoms with Gasteiger partial charge in [0.25, 0.3) is 0 Å². The molecule has 3 aliphatic rings. The molecule has 3 fully saturated rings. The fraction of sp³-hybridized carbons (Fsp3) is 1.00. The maximum Gasteiger partial charge on any atom is 0.00957 e. The van der Waals surface area contributed by atoms with Gasteiger partial charge in [0.2, 0.25) is 0 Å². The van der Waals surface area contributed by atoms with Crippen LogP contribution < -0.4 is 0 Å². The molecule has 1 heterocycles. The zero-order valence-corrected chi connectivity index (χ0v) is 9.30. The van der Waals surface area contributed by atoms with Gasteiger partial charge in [-0.1, -0.05) is 32.1 Å². The summed E-state index contributed by atoms with van der Waals surface area (Å²) in [7, 11) is 0. The molecule has 0 aromatic carbocycles. The zero-order valence-electron chi connectivity index (χ0n) is 9.30. The topological polar surface area (TPSA) is 3.24 Å². The van der Waals surface area contributed by atoms with E-state index in [0.29, 0.717) is 0 Å². The Kier molecular flexibility index (Phi) is 2.31. The van der Waals surface area contributed by atoms with Crippen molar-refractivity contribution in [3.8, 4) is 0 Å². The molecule has 2 aliphatic carbocycles. The van der Waals surface area contributed by atoms with Crippen LogP contribution in [0.15, 0.2) is 0 Å². The molecule has 1 nitrogen and oxygen atoms in total. The second kappa shape index (κ2) is 3.52. The standard InChI is InChI=1S/C13H23N/c1-2-4-7-12(6-3-1)14-10-13(11-14)8-5-9-13/h12H,1-11H2. The SMILES string of the molecule is C1CCCC(N2CC3(CCC3)C2)CC1. The summed E-state index contributed by atoms with van der Waals surface area (Å²) in [6.45, 7) is 2.91. The van der Waals surface area contributed by atoms with E-state index in [1.807, 2.05) is 0 Å². The van der Waals surface area contributed by atoms with Gasteiger partial charge in [-0.25, -0.2) is 0 Å². The Labute approximate surface area is 87.9 Å². The molecule has 0 aromatic rings. The van der Waals surface area contributed by atoms with Crippen molar-refractivity contribution in [2.75, 3.05) is 13.1 Å². The lowest BCUT2D eigenvalue weighted by atomic mass is 9.63. The molecule has 3 rings (SSSR count). The minimum Gasteiger partial charge on any atom is -0.299 e. The van der Waals surface area contributed by atoms with Crippen LogP contribution in [0, 0.1) is 5.41 Å². The van der Waals surface area contributed by atoms with Gasteiger partial charge in [0, 0.05) is 19.1 Å². The first-order valence-corrected chi connectivity index (χ1v) is 6.62. The van der Waals surface area contributed by atoms with E-state index in [9.17, 15) is 0 Å². The third-order valence-electron chi connectivity index (χ3n) is 4.83. The summed E-state index contributed by atoms with van der Waals surface area (Å²) < 4.78 is 0. The van der Waals surface area contributed by atoms with Crippen molar-refractivity contribution in [2.24, 2.45) is 5.41 Å². The van der Waals surface area contributed by atoms with E-state index in [2.05, 4.69) is 4.90 Å². The van der Waals surface area contributed by atoms with Crippen LogP contribution in [-0.4, -0.2) is 24.0 Å². The molecule has 0 radical (unpaired) electrons. The third kappa shape index (κ3) is 1.50. The third-order valence-corrected chi connectivity index (χ3v) is 4.83. The summed E-state index contributed by atoms with van der Waals surface area (Å²) >= 11 is 0. The summed E-state index contributed by atoms with van der Waals surface area (Å²) in [5.41, 5.74) is 0.840. The van der Waals surface area contributed by atoms with Crippen molar-refractivity contribution in [3.63, 3.8) is 0 Å². The van der Waals surface area contributed by atoms with Gasteiger partial charge >= 0.3 is 0 Å². The van der Waals surface area contributed by atoms with E-state index >= 15 is 0 Å². The van der Waals surface area contributed by atoms with Crippen molar-refractivity contribution < 1.29 is 0 Å². The fourth-order valence-electron chi connectivity index (χ4n) is 3.69. The van der Waals surface area contributed by atoms with E-state index in [0.717, 1.165) is 11.5 Å². The Morgan fingerprint density at radius 2 is 1.43 bits per heavy atom. The van der Waals surface area contributed by atoms with Gasteiger partial charge in [-0.2, -0.15) is 0 Å². The van der Waals surface area contributed by atoms with E-state index in [1.54, 1.807) is 0 Å². The average molecular weight is 193 g/mol. The molecule has 14 heavy (non-hydrogen) atoms. The van der Waals surface area contributed by atoms with Gasteiger partial charge in [0.1, 0.15) is 0 Å². The van der Waals surface area contributed by atoms with Crippen LogP contribution in [0.1, 0.15) is 57.8 Å². The average Bonchev–Trinajstić information content (AvgIpc) is 2.27. The molecule has 0 atom stereocenters. The van der Waals surface area contributed by atoms with Gasteiger partial charge in [-0.3, -0.25) is 4.90 Å². The summed E-state index contributed by atoms with van der Waals surface area (Å²) in [5, 5.41) is 0. The van der Waals surface area contributed by atoms with Crippen LogP contribution in [-0.2, 0) is 0 Å². The minimum absolute atomic E-state index is 0.840. The largest absolute Gasteiger partial charge is 0.299 e. The molecule has 1 heteroatoms. The first-order valence-electron chi connectivity index (χ1n) is 6.62. The number of likely N-dealkylation sites (tertiary alicyclic amines) is 1. The van der Waals surface area contributed by atoms with Crippen molar-refractivity contribution in [1.82, 2.24) is 4.90 Å². The molecule has 0 bridgehead atoms. The number of nitrogens with zero attached hydrogens (tertiary/aromatic N) is 1. The van der Waals surface area contributed by atoms with Crippen molar-refractivity contribution >= 4 is 0 Å². The molecule has 80 valence electrons. The van der Waals surface area contributed by atoms with E-state index < -0.39 is 0 Å². The fourth-order valence-corrected chi connectivity index (χ4v) is 3.69. The van der Waals surface area contributed by atoms with Crippen molar-refractivity contribution in [2.45, 2.75) is 63.8 Å². The Hall–Kier alpha value is -0.0400. The Morgan fingerprint density at radius 3 is 1.93 bits per heavy atom. The van der Waals surface area contributed by atoms with E-state index in [1.165, 1.54) is 70.9 Å². The predicted octanol–water partition coefficient (Wildman–Crippen LogP) is 3.20. The van der Waals surface area contributed by atoms with Crippen LogP contribution in [0.2, 0.25) is 0 Å². The summed E-state index contributed by atoms with van der Waals surface area (Å²) in [5.74, 6) is 0. The lowest BCUT2D eigenvalue weighted by Gasteiger charge is -2.58. The van der Waals surface area contributed by atoms with Gasteiger partial charge in [-0.15, -0.1) is 0 Å². The number of rotatable bonds is 1. The second-order valence-corrected chi connectivity index (χ2v) is 5.90. The highest BCUT2D eigenvalue weighted by Crippen LogP contribution is 2.49. The molecule has 1 aliphatic heterocycles. The minimum atomic E-state index is 0.840. The molecule has 1 saturated heterocycles. The molecule has 0 N–H and O–H groups in total. The van der Waals surface area contributed by atoms with Crippen molar-refractivity contribution in [1.29, 1.82) is 0 Å². The molecule has 1 spiro atoms. The summed E-state index contributed by atoms with van der Waals surface area (Å²) in [6.07, 6.45) is 13.6. The first-order chi connectivity index (χ1) is 6.88. The van der Waals surface area contributed by atoms with Crippen molar-refractivity contribution in [3.05, 3.63) is 0 Å². The van der Waals surface area contributed by atoms with Crippen LogP contribution >= 0.6 is 0 Å². The Morgan fingerprint density at radius 1 is 0.786 bits per heavy atom. The normalized spacial score (nSPS) is 33.4. The molecular formula is C13H23N. The van der Waals surface area contributed by atoms with Crippen LogP contribution in [0.5, 0.6) is 0 Å². The van der Waals surface area contributed by atoms with Gasteiger partial charge in [-0.05, 0) is 31.1 Å². The van der Waals surface area contributed by atoms with Crippen LogP contribution in [0.25, 0.3) is 0 Å². The monoisotopic (exact) mass is 193 g/mol. The number of hydrogen-bond donors (Lipinski definition) is 0. The van der Waals surface area contributed by atoms with Gasteiger partial charge < -0.3 is 0 Å². The highest BCUT2D eigenvalue weighted by atomic mass is 15.2. The van der Waals surface area contributed by atoms with Gasteiger partial charge in [0.15, 0.2) is 0 Å². The highest BCUT2D eigenvalue weighted by Gasteiger charge is 2.48. The van der Waals surface area contributed by atoms with Gasteiger partial charge in [0.05, 0.1) is 0 Å². The molecule has 0 aromatic heterocycles. The van der Waals surface area contributed by atoms with Crippen LogP contribution in [0.3, 0.4) is 0 Å². The highest BCUT2D eigenvalue weighted by molar-refractivity contribution is 5.02. The van der Waals surface area contributed by atoms with Crippen LogP contribution in [0.4, 0.5) is 0 Å². The lowest BCUT2D eigenvalue weighted by molar-refractivity contribution is -0.0855. The maximum atomic E-state index is 2.80. The maximum absolute atomic E-state index is 2.80. The van der Waals surface area contributed by atoms with E-state index in [4.69, 9.17) is 0 Å². The molecular weight excluding hydrogens is 170 g/mol. The predicted molar refractivity (Wildman–Crippen MR) is 59.3 cm³/mol. The zero-order chi connectivity index (χ0) is 9.43. The first kappa shape index (κ1) is 9.21. The second-order valence-electron chi connectivity index (χ2n) is 5.90. The quantitative estimate of drug-likeness (QED) is 0.578. The summed E-state index contributed by atoms with van der Waals surface area (Å²) in [6, 6.07) is 0.976. The summed E-state index contributed by atoms with van der Waals surface area (Å²) in [4.78, 5) is 2.80. The molecule has 0 unspecified atom stereocenters. The molecule has 0 amide bonds. The molecule has 2 saturated carbocycles. The smallest absolute Gasteiger partial charge is 0.00957 e. The Bertz CT molecular complexity index is 191. The Balaban J connectivity index is 1.51.